The smallest absolute Gasteiger partial charge is 0.369 e. The molecule has 0 spiro atoms. The minimum Gasteiger partial charge on any atom is -0.563 e. The van der Waals surface area contributed by atoms with Gasteiger partial charge in [-0.3, -0.25) is 0 Å². The summed E-state index contributed by atoms with van der Waals surface area (Å²) in [7, 11) is -4.02. The molecular weight excluding hydrogens is 526 g/mol. The van der Waals surface area contributed by atoms with Gasteiger partial charge in [-0.1, -0.05) is 26.0 Å². The van der Waals surface area contributed by atoms with Crippen molar-refractivity contribution in [1.82, 2.24) is 10.6 Å². The first-order chi connectivity index (χ1) is 18.2. The van der Waals surface area contributed by atoms with E-state index in [1.54, 1.807) is 51.6 Å². The summed E-state index contributed by atoms with van der Waals surface area (Å²) < 4.78 is 66.1. The molecule has 0 amide bonds. The molecule has 2 aromatic carbocycles. The fourth-order valence-corrected chi connectivity index (χ4v) is 5.04. The SMILES string of the molecule is CC[B]Oc1ccc(S(=O)(=O)N=C2CC=CN2)cc1.CC[B]Oc1ccc(S(=O)(=O)N=C2CC=CN2)cc1. The highest BCUT2D eigenvalue weighted by Crippen LogP contribution is 2.19. The number of sulfonamides is 2. The van der Waals surface area contributed by atoms with Crippen LogP contribution in [0.5, 0.6) is 11.5 Å². The van der Waals surface area contributed by atoms with Crippen LogP contribution in [0.25, 0.3) is 0 Å². The summed E-state index contributed by atoms with van der Waals surface area (Å²) in [6, 6.07) is 12.4. The molecular formula is C24H28B2N4O6S2. The largest absolute Gasteiger partial charge is 0.563 e. The lowest BCUT2D eigenvalue weighted by molar-refractivity contribution is 0.588. The molecule has 0 saturated carbocycles. The number of hydrogen-bond acceptors (Lipinski definition) is 6. The van der Waals surface area contributed by atoms with Gasteiger partial charge >= 0.3 is 15.0 Å². The second-order valence-electron chi connectivity index (χ2n) is 7.86. The summed E-state index contributed by atoms with van der Waals surface area (Å²) in [5, 5.41) is 5.56. The third kappa shape index (κ3) is 8.80. The Hall–Kier alpha value is -3.51. The molecule has 2 aromatic rings. The second kappa shape index (κ2) is 13.9. The number of nitrogens with zero attached hydrogens (tertiary/aromatic N) is 2. The molecule has 0 saturated heterocycles. The summed E-state index contributed by atoms with van der Waals surface area (Å²) in [6.07, 6.45) is 9.55. The number of amidine groups is 2. The van der Waals surface area contributed by atoms with Crippen molar-refractivity contribution in [2.45, 2.75) is 49.1 Å². The molecule has 198 valence electrons. The van der Waals surface area contributed by atoms with Crippen LogP contribution in [-0.2, 0) is 20.0 Å². The van der Waals surface area contributed by atoms with Crippen molar-refractivity contribution in [2.75, 3.05) is 0 Å². The summed E-state index contributed by atoms with van der Waals surface area (Å²) in [4.78, 5) is 0.301. The fourth-order valence-electron chi connectivity index (χ4n) is 3.03. The van der Waals surface area contributed by atoms with Gasteiger partial charge in [0.1, 0.15) is 11.7 Å². The zero-order chi connectivity index (χ0) is 27.4. The van der Waals surface area contributed by atoms with Gasteiger partial charge in [0, 0.05) is 12.8 Å². The maximum absolute atomic E-state index is 12.0. The lowest BCUT2D eigenvalue weighted by Gasteiger charge is -2.05. The van der Waals surface area contributed by atoms with Crippen molar-refractivity contribution >= 4 is 46.7 Å². The normalized spacial score (nSPS) is 16.4. The Balaban J connectivity index is 0.000000211. The Labute approximate surface area is 225 Å². The van der Waals surface area contributed by atoms with Gasteiger partial charge < -0.3 is 19.9 Å². The van der Waals surface area contributed by atoms with Crippen molar-refractivity contribution < 1.29 is 26.1 Å². The van der Waals surface area contributed by atoms with Gasteiger partial charge in [-0.15, -0.1) is 8.80 Å². The highest BCUT2D eigenvalue weighted by atomic mass is 32.2. The zero-order valence-electron chi connectivity index (χ0n) is 21.1. The molecule has 0 bridgehead atoms. The molecule has 0 fully saturated rings. The number of benzene rings is 2. The van der Waals surface area contributed by atoms with Gasteiger partial charge in [0.05, 0.1) is 21.3 Å². The predicted molar refractivity (Wildman–Crippen MR) is 150 cm³/mol. The van der Waals surface area contributed by atoms with Gasteiger partial charge in [0.25, 0.3) is 20.0 Å². The Morgan fingerprint density at radius 2 is 1.05 bits per heavy atom. The van der Waals surface area contributed by atoms with Crippen molar-refractivity contribution in [1.29, 1.82) is 0 Å². The first kappa shape index (κ1) is 29.1. The zero-order valence-corrected chi connectivity index (χ0v) is 22.7. The standard InChI is InChI=1S/2C12H14BN2O3S/c2*1-2-13-18-10-5-7-11(8-6-10)19(16,17)15-12-4-3-9-14-12/h2*3,5-9H,2,4H2,1H3,(H,14,15). The first-order valence-electron chi connectivity index (χ1n) is 11.9. The molecule has 2 aliphatic rings. The van der Waals surface area contributed by atoms with E-state index in [4.69, 9.17) is 9.31 Å². The Kier molecular flexibility index (Phi) is 10.6. The van der Waals surface area contributed by atoms with Crippen LogP contribution in [0.4, 0.5) is 0 Å². The van der Waals surface area contributed by atoms with Crippen LogP contribution in [0.15, 0.2) is 91.7 Å². The van der Waals surface area contributed by atoms with E-state index < -0.39 is 20.0 Å². The van der Waals surface area contributed by atoms with E-state index in [1.165, 1.54) is 24.3 Å². The van der Waals surface area contributed by atoms with Crippen LogP contribution in [0.3, 0.4) is 0 Å². The highest BCUT2D eigenvalue weighted by Gasteiger charge is 2.16. The lowest BCUT2D eigenvalue weighted by atomic mass is 9.97. The third-order valence-electron chi connectivity index (χ3n) is 4.83. The number of nitrogens with one attached hydrogen (secondary N) is 2. The minimum atomic E-state index is -3.66. The van der Waals surface area contributed by atoms with Gasteiger partial charge in [0.2, 0.25) is 0 Å². The van der Waals surface area contributed by atoms with Crippen LogP contribution in [0, 0.1) is 0 Å². The van der Waals surface area contributed by atoms with Crippen molar-refractivity contribution in [2.24, 2.45) is 8.80 Å². The molecule has 2 N–H and O–H groups in total. The average Bonchev–Trinajstić information content (AvgIpc) is 3.61. The van der Waals surface area contributed by atoms with Crippen LogP contribution in [0.2, 0.25) is 12.6 Å². The monoisotopic (exact) mass is 554 g/mol. The van der Waals surface area contributed by atoms with E-state index in [2.05, 4.69) is 19.4 Å². The topological polar surface area (TPSA) is 136 Å². The molecule has 4 rings (SSSR count). The molecule has 2 heterocycles. The molecule has 0 unspecified atom stereocenters. The van der Waals surface area contributed by atoms with Gasteiger partial charge in [-0.25, -0.2) is 0 Å². The minimum absolute atomic E-state index is 0.151. The molecule has 0 aromatic heterocycles. The molecule has 14 heteroatoms. The molecule has 38 heavy (non-hydrogen) atoms. The van der Waals surface area contributed by atoms with Gasteiger partial charge in [-0.2, -0.15) is 16.8 Å². The summed E-state index contributed by atoms with van der Waals surface area (Å²) in [6.45, 7) is 3.91. The highest BCUT2D eigenvalue weighted by molar-refractivity contribution is 7.90. The van der Waals surface area contributed by atoms with E-state index in [9.17, 15) is 16.8 Å². The second-order valence-corrected chi connectivity index (χ2v) is 11.1. The third-order valence-corrected chi connectivity index (χ3v) is 7.49. The Bertz CT molecular complexity index is 1280. The lowest BCUT2D eigenvalue weighted by Crippen LogP contribution is -2.13. The molecule has 2 aliphatic heterocycles. The first-order valence-corrected chi connectivity index (χ1v) is 14.8. The maximum Gasteiger partial charge on any atom is 0.369 e. The van der Waals surface area contributed by atoms with E-state index in [1.807, 2.05) is 26.0 Å². The molecule has 0 aliphatic carbocycles. The number of rotatable bonds is 10. The summed E-state index contributed by atoms with van der Waals surface area (Å²) in [5.41, 5.74) is 0. The summed E-state index contributed by atoms with van der Waals surface area (Å²) >= 11 is 0. The van der Waals surface area contributed by atoms with E-state index in [0.29, 0.717) is 36.0 Å². The van der Waals surface area contributed by atoms with Crippen LogP contribution in [0.1, 0.15) is 26.7 Å². The van der Waals surface area contributed by atoms with Crippen LogP contribution >= 0.6 is 0 Å². The van der Waals surface area contributed by atoms with Crippen LogP contribution < -0.4 is 19.9 Å². The van der Waals surface area contributed by atoms with Crippen molar-refractivity contribution in [3.8, 4) is 11.5 Å². The van der Waals surface area contributed by atoms with Crippen molar-refractivity contribution in [3.63, 3.8) is 0 Å². The van der Waals surface area contributed by atoms with E-state index in [0.717, 1.165) is 12.6 Å². The molecule has 2 radical (unpaired) electrons. The Morgan fingerprint density at radius 1 is 0.684 bits per heavy atom. The van der Waals surface area contributed by atoms with E-state index in [-0.39, 0.29) is 9.79 Å². The predicted octanol–water partition coefficient (Wildman–Crippen LogP) is 3.43. The van der Waals surface area contributed by atoms with Crippen molar-refractivity contribution in [3.05, 3.63) is 73.1 Å². The van der Waals surface area contributed by atoms with Crippen LogP contribution in [-0.4, -0.2) is 43.5 Å². The molecule has 0 atom stereocenters. The molecule has 10 nitrogen and oxygen atoms in total. The van der Waals surface area contributed by atoms with E-state index >= 15 is 0 Å². The summed E-state index contributed by atoms with van der Waals surface area (Å²) in [5.74, 6) is 2.07. The quantitative estimate of drug-likeness (QED) is 0.427. The maximum atomic E-state index is 12.0. The Morgan fingerprint density at radius 3 is 1.34 bits per heavy atom. The van der Waals surface area contributed by atoms with Gasteiger partial charge in [-0.05, 0) is 73.6 Å². The average molecular weight is 554 g/mol. The number of hydrogen-bond donors (Lipinski definition) is 2. The fraction of sp³-hybridized carbons (Fsp3) is 0.250. The van der Waals surface area contributed by atoms with Gasteiger partial charge in [0.15, 0.2) is 0 Å².